The molecule has 0 radical (unpaired) electrons. The van der Waals surface area contributed by atoms with Crippen LogP contribution in [-0.4, -0.2) is 19.9 Å². The summed E-state index contributed by atoms with van der Waals surface area (Å²) in [6.07, 6.45) is 0. The first kappa shape index (κ1) is 25.3. The lowest BCUT2D eigenvalue weighted by molar-refractivity contribution is 0.669. The number of furan rings is 1. The number of fused-ring (bicyclic) bond motifs is 6. The fourth-order valence-corrected chi connectivity index (χ4v) is 6.08. The number of nitrogens with zero attached hydrogens (tertiary/aromatic N) is 4. The van der Waals surface area contributed by atoms with Crippen LogP contribution in [0.1, 0.15) is 0 Å². The van der Waals surface area contributed by atoms with Crippen molar-refractivity contribution in [1.82, 2.24) is 19.9 Å². The van der Waals surface area contributed by atoms with Crippen molar-refractivity contribution in [1.29, 1.82) is 0 Å². The lowest BCUT2D eigenvalue weighted by Gasteiger charge is -2.10. The van der Waals surface area contributed by atoms with Gasteiger partial charge in [-0.1, -0.05) is 127 Å². The quantitative estimate of drug-likeness (QED) is 0.195. The summed E-state index contributed by atoms with van der Waals surface area (Å²) >= 11 is 0. The minimum atomic E-state index is 0.612. The molecule has 0 N–H and O–H groups in total. The number of pyridine rings is 1. The summed E-state index contributed by atoms with van der Waals surface area (Å²) in [4.78, 5) is 19.8. The van der Waals surface area contributed by atoms with Gasteiger partial charge < -0.3 is 4.42 Å². The minimum Gasteiger partial charge on any atom is -0.454 e. The number of rotatable bonds is 4. The molecule has 0 saturated carbocycles. The van der Waals surface area contributed by atoms with Gasteiger partial charge in [0.15, 0.2) is 23.1 Å². The fourth-order valence-electron chi connectivity index (χ4n) is 6.08. The van der Waals surface area contributed by atoms with Gasteiger partial charge in [0.2, 0.25) is 0 Å². The van der Waals surface area contributed by atoms with Crippen LogP contribution < -0.4 is 0 Å². The Kier molecular flexibility index (Phi) is 5.74. The van der Waals surface area contributed by atoms with E-state index < -0.39 is 0 Å². The molecular weight excluding hydrogens is 552 g/mol. The maximum Gasteiger partial charge on any atom is 0.164 e. The zero-order chi connectivity index (χ0) is 29.7. The predicted octanol–water partition coefficient (Wildman–Crippen LogP) is 10.1. The van der Waals surface area contributed by atoms with Crippen molar-refractivity contribution in [3.63, 3.8) is 0 Å². The molecule has 0 spiro atoms. The van der Waals surface area contributed by atoms with E-state index in [4.69, 9.17) is 24.4 Å². The molecule has 0 aliphatic rings. The van der Waals surface area contributed by atoms with Crippen LogP contribution in [0.15, 0.2) is 150 Å². The topological polar surface area (TPSA) is 64.7 Å². The largest absolute Gasteiger partial charge is 0.454 e. The number of benzene rings is 6. The van der Waals surface area contributed by atoms with E-state index in [0.717, 1.165) is 66.2 Å². The molecule has 6 aromatic carbocycles. The van der Waals surface area contributed by atoms with Crippen LogP contribution >= 0.6 is 0 Å². The van der Waals surface area contributed by atoms with Crippen LogP contribution in [0.25, 0.3) is 89.0 Å². The molecule has 3 aromatic heterocycles. The summed E-state index contributed by atoms with van der Waals surface area (Å²) < 4.78 is 6.51. The molecule has 45 heavy (non-hydrogen) atoms. The lowest BCUT2D eigenvalue weighted by atomic mass is 10.00. The van der Waals surface area contributed by atoms with Crippen molar-refractivity contribution in [3.8, 4) is 45.4 Å². The first-order valence-corrected chi connectivity index (χ1v) is 14.9. The van der Waals surface area contributed by atoms with Gasteiger partial charge in [-0.25, -0.2) is 19.9 Å². The third-order valence-electron chi connectivity index (χ3n) is 8.29. The molecule has 5 heteroatoms. The van der Waals surface area contributed by atoms with E-state index in [1.165, 1.54) is 5.39 Å². The van der Waals surface area contributed by atoms with Crippen molar-refractivity contribution < 1.29 is 4.42 Å². The Labute approximate surface area is 258 Å². The second-order valence-electron chi connectivity index (χ2n) is 11.1. The summed E-state index contributed by atoms with van der Waals surface area (Å²) in [5, 5.41) is 5.58. The Morgan fingerprint density at radius 2 is 0.911 bits per heavy atom. The molecule has 9 aromatic rings. The molecule has 0 fully saturated rings. The van der Waals surface area contributed by atoms with Crippen LogP contribution in [0.3, 0.4) is 0 Å². The molecular formula is C40H24N4O. The van der Waals surface area contributed by atoms with E-state index in [1.807, 2.05) is 72.8 Å². The highest BCUT2D eigenvalue weighted by atomic mass is 16.3. The van der Waals surface area contributed by atoms with E-state index in [2.05, 4.69) is 72.8 Å². The third kappa shape index (κ3) is 4.33. The summed E-state index contributed by atoms with van der Waals surface area (Å²) in [6.45, 7) is 0. The molecule has 0 atom stereocenters. The Morgan fingerprint density at radius 1 is 0.400 bits per heavy atom. The average Bonchev–Trinajstić information content (AvgIpc) is 3.51. The van der Waals surface area contributed by atoms with Gasteiger partial charge in [0.05, 0.1) is 5.52 Å². The Hall–Kier alpha value is -6.20. The predicted molar refractivity (Wildman–Crippen MR) is 182 cm³/mol. The summed E-state index contributed by atoms with van der Waals surface area (Å²) in [7, 11) is 0. The molecule has 9 rings (SSSR count). The average molecular weight is 577 g/mol. The van der Waals surface area contributed by atoms with Crippen LogP contribution in [0.5, 0.6) is 0 Å². The van der Waals surface area contributed by atoms with E-state index in [9.17, 15) is 0 Å². The van der Waals surface area contributed by atoms with Crippen molar-refractivity contribution in [2.75, 3.05) is 0 Å². The van der Waals surface area contributed by atoms with Crippen molar-refractivity contribution in [2.24, 2.45) is 0 Å². The molecule has 5 nitrogen and oxygen atoms in total. The SMILES string of the molecule is c1ccc(-c2nc(-c3ccccc3)nc(-c3ccc(-c4nc5cc6ccccc6cc5c5c4oc4ccccc45)cc3)n2)cc1. The maximum atomic E-state index is 6.51. The highest BCUT2D eigenvalue weighted by Gasteiger charge is 2.19. The zero-order valence-electron chi connectivity index (χ0n) is 24.1. The molecule has 0 amide bonds. The van der Waals surface area contributed by atoms with Crippen LogP contribution in [0.2, 0.25) is 0 Å². The van der Waals surface area contributed by atoms with Gasteiger partial charge in [-0.3, -0.25) is 0 Å². The molecule has 0 bridgehead atoms. The van der Waals surface area contributed by atoms with Gasteiger partial charge in [0, 0.05) is 38.4 Å². The summed E-state index contributed by atoms with van der Waals surface area (Å²) in [5.74, 6) is 1.88. The first-order chi connectivity index (χ1) is 22.3. The van der Waals surface area contributed by atoms with E-state index in [-0.39, 0.29) is 0 Å². The molecule has 0 saturated heterocycles. The lowest BCUT2D eigenvalue weighted by Crippen LogP contribution is -2.00. The van der Waals surface area contributed by atoms with E-state index >= 15 is 0 Å². The highest BCUT2D eigenvalue weighted by molar-refractivity contribution is 6.22. The number of para-hydroxylation sites is 1. The smallest absolute Gasteiger partial charge is 0.164 e. The second-order valence-corrected chi connectivity index (χ2v) is 11.1. The zero-order valence-corrected chi connectivity index (χ0v) is 24.1. The Bertz CT molecular complexity index is 2460. The first-order valence-electron chi connectivity index (χ1n) is 14.9. The molecule has 0 aliphatic carbocycles. The maximum absolute atomic E-state index is 6.51. The summed E-state index contributed by atoms with van der Waals surface area (Å²) in [5.41, 5.74) is 7.10. The number of aromatic nitrogens is 4. The van der Waals surface area contributed by atoms with Crippen LogP contribution in [0.4, 0.5) is 0 Å². The Morgan fingerprint density at radius 3 is 1.56 bits per heavy atom. The van der Waals surface area contributed by atoms with Crippen LogP contribution in [0, 0.1) is 0 Å². The van der Waals surface area contributed by atoms with Crippen molar-refractivity contribution >= 4 is 43.6 Å². The minimum absolute atomic E-state index is 0.612. The van der Waals surface area contributed by atoms with Crippen molar-refractivity contribution in [3.05, 3.63) is 146 Å². The molecule has 210 valence electrons. The standard InChI is InChI=1S/C40H24N4O/c1-3-11-26(12-4-1)38-42-39(27-13-5-2-6-14-27)44-40(43-38)28-21-19-25(20-22-28)36-37-35(31-17-9-10-18-34(31)45-37)32-23-29-15-7-8-16-30(29)24-33(32)41-36/h1-24H. The van der Waals surface area contributed by atoms with Gasteiger partial charge in [0.1, 0.15) is 11.3 Å². The van der Waals surface area contributed by atoms with E-state index in [0.29, 0.717) is 17.5 Å². The second kappa shape index (κ2) is 10.2. The van der Waals surface area contributed by atoms with Gasteiger partial charge >= 0.3 is 0 Å². The molecule has 0 aliphatic heterocycles. The van der Waals surface area contributed by atoms with E-state index in [1.54, 1.807) is 0 Å². The van der Waals surface area contributed by atoms with Gasteiger partial charge in [-0.05, 0) is 29.0 Å². The number of hydrogen-bond donors (Lipinski definition) is 0. The molecule has 0 unspecified atom stereocenters. The fraction of sp³-hybridized carbons (Fsp3) is 0. The normalized spacial score (nSPS) is 11.6. The molecule has 3 heterocycles. The van der Waals surface area contributed by atoms with Gasteiger partial charge in [-0.15, -0.1) is 0 Å². The third-order valence-corrected chi connectivity index (χ3v) is 8.29. The monoisotopic (exact) mass is 576 g/mol. The highest BCUT2D eigenvalue weighted by Crippen LogP contribution is 2.40. The van der Waals surface area contributed by atoms with Crippen LogP contribution in [-0.2, 0) is 0 Å². The van der Waals surface area contributed by atoms with Gasteiger partial charge in [0.25, 0.3) is 0 Å². The van der Waals surface area contributed by atoms with Crippen molar-refractivity contribution in [2.45, 2.75) is 0 Å². The Balaban J connectivity index is 1.22. The summed E-state index contributed by atoms with van der Waals surface area (Å²) in [6, 6.07) is 49.3. The number of hydrogen-bond acceptors (Lipinski definition) is 5. The van der Waals surface area contributed by atoms with Gasteiger partial charge in [-0.2, -0.15) is 0 Å².